The van der Waals surface area contributed by atoms with Gasteiger partial charge in [-0.2, -0.15) is 0 Å². The first kappa shape index (κ1) is 24.1. The van der Waals surface area contributed by atoms with Crippen molar-refractivity contribution in [1.82, 2.24) is 4.90 Å². The minimum absolute atomic E-state index is 0.0910. The fourth-order valence-corrected chi connectivity index (χ4v) is 5.93. The van der Waals surface area contributed by atoms with Gasteiger partial charge in [0.15, 0.2) is 17.3 Å². The lowest BCUT2D eigenvalue weighted by Crippen LogP contribution is -2.46. The van der Waals surface area contributed by atoms with Crippen molar-refractivity contribution in [3.05, 3.63) is 70.4 Å². The molecule has 2 aliphatic heterocycles. The zero-order valence-corrected chi connectivity index (χ0v) is 20.3. The summed E-state index contributed by atoms with van der Waals surface area (Å²) in [6.07, 6.45) is 1.10. The van der Waals surface area contributed by atoms with Crippen LogP contribution in [-0.4, -0.2) is 50.0 Å². The molecule has 0 aliphatic carbocycles. The second-order valence-electron chi connectivity index (χ2n) is 8.97. The molecule has 1 aromatic heterocycles. The maximum atomic E-state index is 14.5. The quantitative estimate of drug-likeness (QED) is 0.422. The van der Waals surface area contributed by atoms with E-state index in [0.717, 1.165) is 0 Å². The van der Waals surface area contributed by atoms with Crippen molar-refractivity contribution in [3.8, 4) is 27.3 Å². The number of ketones is 1. The number of carbonyl (C=O) groups excluding carboxylic acids is 2. The first-order valence-electron chi connectivity index (χ1n) is 11.4. The van der Waals surface area contributed by atoms with Crippen LogP contribution < -0.4 is 4.74 Å². The first-order valence-corrected chi connectivity index (χ1v) is 12.2. The molecule has 1 spiro atoms. The molecule has 5 rings (SSSR count). The highest BCUT2D eigenvalue weighted by atomic mass is 32.1. The Morgan fingerprint density at radius 3 is 2.44 bits per heavy atom. The predicted octanol–water partition coefficient (Wildman–Crippen LogP) is 5.74. The third kappa shape index (κ3) is 4.16. The molecule has 0 unspecified atom stereocenters. The smallest absolute Gasteiger partial charge is 0.263 e. The lowest BCUT2D eigenvalue weighted by Gasteiger charge is -2.36. The molecule has 0 radical (unpaired) electrons. The van der Waals surface area contributed by atoms with Gasteiger partial charge in [0.2, 0.25) is 5.69 Å². The number of likely N-dealkylation sites (tertiary alicyclic amines) is 1. The van der Waals surface area contributed by atoms with Crippen LogP contribution in [0.1, 0.15) is 22.5 Å². The minimum Gasteiger partial charge on any atom is -0.494 e. The largest absolute Gasteiger partial charge is 0.494 e. The van der Waals surface area contributed by atoms with E-state index in [1.54, 1.807) is 23.1 Å². The normalized spacial score (nSPS) is 16.8. The average molecular weight is 509 g/mol. The average Bonchev–Trinajstić information content (AvgIpc) is 3.48. The number of ether oxygens (including phenoxy) is 2. The molecule has 3 heterocycles. The molecule has 0 bridgehead atoms. The van der Waals surface area contributed by atoms with Crippen molar-refractivity contribution < 1.29 is 27.8 Å². The van der Waals surface area contributed by atoms with Gasteiger partial charge >= 0.3 is 0 Å². The van der Waals surface area contributed by atoms with E-state index in [1.807, 2.05) is 0 Å². The fraction of sp³-hybridized carbons (Fsp3) is 0.296. The number of benzene rings is 2. The van der Waals surface area contributed by atoms with Gasteiger partial charge in [-0.25, -0.2) is 13.6 Å². The number of piperidine rings is 1. The lowest BCUT2D eigenvalue weighted by molar-refractivity contribution is -0.126. The number of methoxy groups -OCH3 is 1. The number of rotatable bonds is 4. The van der Waals surface area contributed by atoms with Gasteiger partial charge in [-0.05, 0) is 54.3 Å². The monoisotopic (exact) mass is 508 g/mol. The molecule has 2 aromatic carbocycles. The van der Waals surface area contributed by atoms with E-state index in [-0.39, 0.29) is 29.7 Å². The number of thiophene rings is 1. The molecule has 36 heavy (non-hydrogen) atoms. The van der Waals surface area contributed by atoms with Gasteiger partial charge in [-0.15, -0.1) is 11.3 Å². The molecule has 0 N–H and O–H groups in total. The van der Waals surface area contributed by atoms with Gasteiger partial charge < -0.3 is 14.4 Å². The highest BCUT2D eigenvalue weighted by Gasteiger charge is 2.46. The standard InChI is InChI=1S/C27H22F2N2O4S/c1-30-21-5-3-16(11-19(21)28)18-13-23(36-25(18)17-4-6-22(34-2)20(29)12-17)26(33)31-9-7-27(8-10-31)15-35-14-24(27)32/h3-6,11-13H,7-10,14-15H2,2H3. The number of halogens is 2. The molecule has 1 amide bonds. The summed E-state index contributed by atoms with van der Waals surface area (Å²) < 4.78 is 39.4. The SMILES string of the molecule is [C-]#[N+]c1ccc(-c2cc(C(=O)N3CCC4(CC3)COCC4=O)sc2-c2ccc(OC)c(F)c2)cc1F. The fourth-order valence-electron chi connectivity index (χ4n) is 4.79. The third-order valence-corrected chi connectivity index (χ3v) is 8.12. The number of hydrogen-bond donors (Lipinski definition) is 0. The highest BCUT2D eigenvalue weighted by molar-refractivity contribution is 7.18. The number of nitrogens with zero attached hydrogens (tertiary/aromatic N) is 2. The number of hydrogen-bond acceptors (Lipinski definition) is 5. The third-order valence-electron chi connectivity index (χ3n) is 6.95. The molecule has 3 aromatic rings. The van der Waals surface area contributed by atoms with E-state index < -0.39 is 17.0 Å². The molecular weight excluding hydrogens is 486 g/mol. The van der Waals surface area contributed by atoms with Crippen molar-refractivity contribution >= 4 is 28.7 Å². The van der Waals surface area contributed by atoms with Gasteiger partial charge in [0.25, 0.3) is 5.91 Å². The lowest BCUT2D eigenvalue weighted by atomic mass is 9.77. The molecule has 2 aliphatic rings. The minimum atomic E-state index is -0.668. The van der Waals surface area contributed by atoms with Crippen molar-refractivity contribution in [2.24, 2.45) is 5.41 Å². The summed E-state index contributed by atoms with van der Waals surface area (Å²) in [6.45, 7) is 8.49. The summed E-state index contributed by atoms with van der Waals surface area (Å²) in [7, 11) is 1.38. The van der Waals surface area contributed by atoms with Crippen LogP contribution in [0.5, 0.6) is 5.75 Å². The Bertz CT molecular complexity index is 1400. The summed E-state index contributed by atoms with van der Waals surface area (Å²) in [5.74, 6) is -1.23. The molecule has 0 atom stereocenters. The summed E-state index contributed by atoms with van der Waals surface area (Å²) in [4.78, 5) is 31.7. The van der Waals surface area contributed by atoms with E-state index in [1.165, 1.54) is 42.7 Å². The van der Waals surface area contributed by atoms with Crippen LogP contribution >= 0.6 is 11.3 Å². The summed E-state index contributed by atoms with van der Waals surface area (Å²) in [5.41, 5.74) is 0.970. The van der Waals surface area contributed by atoms with Crippen LogP contribution in [0, 0.1) is 23.6 Å². The molecule has 0 saturated carbocycles. The van der Waals surface area contributed by atoms with Gasteiger partial charge in [-0.1, -0.05) is 12.1 Å². The van der Waals surface area contributed by atoms with E-state index in [0.29, 0.717) is 59.0 Å². The van der Waals surface area contributed by atoms with Crippen molar-refractivity contribution in [2.75, 3.05) is 33.4 Å². The Labute approximate surface area is 210 Å². The van der Waals surface area contributed by atoms with Gasteiger partial charge in [-0.3, -0.25) is 9.59 Å². The van der Waals surface area contributed by atoms with E-state index >= 15 is 0 Å². The molecule has 6 nitrogen and oxygen atoms in total. The molecular formula is C27H22F2N2O4S. The Balaban J connectivity index is 1.51. The van der Waals surface area contributed by atoms with Crippen LogP contribution in [0.25, 0.3) is 26.4 Å². The Hall–Kier alpha value is -3.61. The molecule has 184 valence electrons. The van der Waals surface area contributed by atoms with E-state index in [2.05, 4.69) is 4.85 Å². The van der Waals surface area contributed by atoms with Crippen LogP contribution in [0.4, 0.5) is 14.5 Å². The van der Waals surface area contributed by atoms with Crippen LogP contribution in [-0.2, 0) is 9.53 Å². The molecule has 9 heteroatoms. The number of Topliss-reactive ketones (excluding diaryl/α,β-unsaturated/α-hetero) is 1. The number of carbonyl (C=O) groups is 2. The van der Waals surface area contributed by atoms with Gasteiger partial charge in [0, 0.05) is 23.5 Å². The maximum Gasteiger partial charge on any atom is 0.263 e. The Morgan fingerprint density at radius 2 is 1.83 bits per heavy atom. The maximum absolute atomic E-state index is 14.5. The summed E-state index contributed by atoms with van der Waals surface area (Å²) in [5, 5.41) is 0. The zero-order valence-electron chi connectivity index (χ0n) is 19.5. The molecule has 2 saturated heterocycles. The van der Waals surface area contributed by atoms with Crippen LogP contribution in [0.2, 0.25) is 0 Å². The Kier molecular flexibility index (Phi) is 6.33. The topological polar surface area (TPSA) is 60.2 Å². The zero-order chi connectivity index (χ0) is 25.4. The molecule has 2 fully saturated rings. The van der Waals surface area contributed by atoms with Gasteiger partial charge in [0.1, 0.15) is 12.4 Å². The first-order chi connectivity index (χ1) is 17.3. The highest BCUT2D eigenvalue weighted by Crippen LogP contribution is 2.43. The van der Waals surface area contributed by atoms with Crippen LogP contribution in [0.15, 0.2) is 42.5 Å². The second kappa shape index (κ2) is 9.45. The second-order valence-corrected chi connectivity index (χ2v) is 10.0. The summed E-state index contributed by atoms with van der Waals surface area (Å²) >= 11 is 1.20. The van der Waals surface area contributed by atoms with Crippen LogP contribution in [0.3, 0.4) is 0 Å². The Morgan fingerprint density at radius 1 is 1.11 bits per heavy atom. The van der Waals surface area contributed by atoms with Crippen molar-refractivity contribution in [2.45, 2.75) is 12.8 Å². The predicted molar refractivity (Wildman–Crippen MR) is 131 cm³/mol. The summed E-state index contributed by atoms with van der Waals surface area (Å²) in [6, 6.07) is 10.5. The van der Waals surface area contributed by atoms with Gasteiger partial charge in [0.05, 0.1) is 30.6 Å². The van der Waals surface area contributed by atoms with E-state index in [9.17, 15) is 18.4 Å². The van der Waals surface area contributed by atoms with E-state index in [4.69, 9.17) is 16.0 Å². The van der Waals surface area contributed by atoms with Crippen molar-refractivity contribution in [1.29, 1.82) is 0 Å². The van der Waals surface area contributed by atoms with Crippen molar-refractivity contribution in [3.63, 3.8) is 0 Å². The number of amides is 1.